The minimum absolute atomic E-state index is 0.536. The molecule has 0 spiro atoms. The monoisotopic (exact) mass is 245 g/mol. The first-order chi connectivity index (χ1) is 8.69. The fraction of sp³-hybridized carbons (Fsp3) is 0.357. The molecule has 0 aliphatic carbocycles. The van der Waals surface area contributed by atoms with Crippen LogP contribution in [0.25, 0.3) is 0 Å². The highest BCUT2D eigenvalue weighted by molar-refractivity contribution is 5.37. The number of nitrogens with zero attached hydrogens (tertiary/aromatic N) is 2. The summed E-state index contributed by atoms with van der Waals surface area (Å²) in [6.07, 6.45) is 4.61. The van der Waals surface area contributed by atoms with Gasteiger partial charge in [-0.25, -0.2) is 0 Å². The second-order valence-corrected chi connectivity index (χ2v) is 4.46. The molecule has 0 radical (unpaired) electrons. The summed E-state index contributed by atoms with van der Waals surface area (Å²) in [7, 11) is 1.90. The second kappa shape index (κ2) is 5.69. The molecule has 2 aromatic rings. The van der Waals surface area contributed by atoms with Crippen LogP contribution in [0, 0.1) is 6.92 Å². The Hall–Kier alpha value is -1.81. The summed E-state index contributed by atoms with van der Waals surface area (Å²) < 4.78 is 7.61. The van der Waals surface area contributed by atoms with Crippen LogP contribution in [-0.4, -0.2) is 16.3 Å². The molecule has 0 unspecified atom stereocenters. The number of nitrogens with two attached hydrogens (primary N) is 1. The van der Waals surface area contributed by atoms with Crippen molar-refractivity contribution < 1.29 is 4.74 Å². The number of hydrogen-bond donors (Lipinski definition) is 1. The number of rotatable bonds is 5. The van der Waals surface area contributed by atoms with Crippen molar-refractivity contribution in [2.75, 3.05) is 6.54 Å². The van der Waals surface area contributed by atoms with E-state index in [1.807, 2.05) is 25.5 Å². The molecule has 1 aromatic heterocycles. The molecule has 2 rings (SSSR count). The Bertz CT molecular complexity index is 520. The maximum absolute atomic E-state index is 5.84. The van der Waals surface area contributed by atoms with Crippen molar-refractivity contribution in [3.05, 3.63) is 47.3 Å². The molecular weight excluding hydrogens is 226 g/mol. The first-order valence-corrected chi connectivity index (χ1v) is 6.09. The average Bonchev–Trinajstić information content (AvgIpc) is 2.75. The van der Waals surface area contributed by atoms with Gasteiger partial charge in [0.1, 0.15) is 12.4 Å². The molecular formula is C14H19N3O. The standard InChI is InChI=1S/C14H19N3O/c1-11-3-4-14(13(7-11)5-6-15)18-10-12-8-16-17(2)9-12/h3-4,7-9H,5-6,10,15H2,1-2H3. The van der Waals surface area contributed by atoms with Gasteiger partial charge in [-0.3, -0.25) is 4.68 Å². The molecule has 4 heteroatoms. The van der Waals surface area contributed by atoms with Crippen molar-refractivity contribution in [2.45, 2.75) is 20.0 Å². The Balaban J connectivity index is 2.08. The zero-order chi connectivity index (χ0) is 13.0. The molecule has 1 heterocycles. The molecule has 0 aliphatic heterocycles. The lowest BCUT2D eigenvalue weighted by Crippen LogP contribution is -2.05. The summed E-state index contributed by atoms with van der Waals surface area (Å²) in [6, 6.07) is 6.20. The molecule has 0 atom stereocenters. The summed E-state index contributed by atoms with van der Waals surface area (Å²) in [5, 5.41) is 4.12. The minimum Gasteiger partial charge on any atom is -0.489 e. The Morgan fingerprint density at radius 2 is 2.22 bits per heavy atom. The number of aromatic nitrogens is 2. The molecule has 4 nitrogen and oxygen atoms in total. The lowest BCUT2D eigenvalue weighted by Gasteiger charge is -2.11. The molecule has 18 heavy (non-hydrogen) atoms. The number of hydrogen-bond acceptors (Lipinski definition) is 3. The fourth-order valence-electron chi connectivity index (χ4n) is 1.91. The fourth-order valence-corrected chi connectivity index (χ4v) is 1.91. The lowest BCUT2D eigenvalue weighted by molar-refractivity contribution is 0.303. The van der Waals surface area contributed by atoms with Gasteiger partial charge < -0.3 is 10.5 Å². The molecule has 0 aliphatic rings. The predicted molar refractivity (Wildman–Crippen MR) is 71.5 cm³/mol. The topological polar surface area (TPSA) is 53.1 Å². The van der Waals surface area contributed by atoms with Crippen LogP contribution in [0.15, 0.2) is 30.6 Å². The maximum atomic E-state index is 5.84. The normalized spacial score (nSPS) is 10.6. The largest absolute Gasteiger partial charge is 0.489 e. The van der Waals surface area contributed by atoms with E-state index in [2.05, 4.69) is 24.2 Å². The highest BCUT2D eigenvalue weighted by Crippen LogP contribution is 2.21. The number of benzene rings is 1. The smallest absolute Gasteiger partial charge is 0.123 e. The molecule has 0 saturated heterocycles. The van der Waals surface area contributed by atoms with Gasteiger partial charge in [0.25, 0.3) is 0 Å². The van der Waals surface area contributed by atoms with Gasteiger partial charge >= 0.3 is 0 Å². The second-order valence-electron chi connectivity index (χ2n) is 4.46. The Labute approximate surface area is 107 Å². The van der Waals surface area contributed by atoms with E-state index in [1.54, 1.807) is 4.68 Å². The lowest BCUT2D eigenvalue weighted by atomic mass is 10.1. The third-order valence-electron chi connectivity index (χ3n) is 2.78. The van der Waals surface area contributed by atoms with Crippen LogP contribution >= 0.6 is 0 Å². The van der Waals surface area contributed by atoms with Gasteiger partial charge in [0, 0.05) is 18.8 Å². The van der Waals surface area contributed by atoms with Crippen LogP contribution in [0.1, 0.15) is 16.7 Å². The SMILES string of the molecule is Cc1ccc(OCc2cnn(C)c2)c(CCN)c1. The van der Waals surface area contributed by atoms with Gasteiger partial charge in [-0.15, -0.1) is 0 Å². The molecule has 0 fully saturated rings. The van der Waals surface area contributed by atoms with Crippen molar-refractivity contribution >= 4 is 0 Å². The number of ether oxygens (including phenoxy) is 1. The molecule has 0 amide bonds. The highest BCUT2D eigenvalue weighted by atomic mass is 16.5. The Morgan fingerprint density at radius 3 is 2.89 bits per heavy atom. The van der Waals surface area contributed by atoms with Gasteiger partial charge in [0.05, 0.1) is 6.20 Å². The van der Waals surface area contributed by atoms with Gasteiger partial charge in [0.15, 0.2) is 0 Å². The molecule has 0 bridgehead atoms. The molecule has 0 saturated carbocycles. The Morgan fingerprint density at radius 1 is 1.39 bits per heavy atom. The van der Waals surface area contributed by atoms with E-state index in [1.165, 1.54) is 11.1 Å². The van der Waals surface area contributed by atoms with Crippen molar-refractivity contribution in [1.82, 2.24) is 9.78 Å². The van der Waals surface area contributed by atoms with Gasteiger partial charge in [0.2, 0.25) is 0 Å². The maximum Gasteiger partial charge on any atom is 0.123 e. The molecule has 2 N–H and O–H groups in total. The summed E-state index contributed by atoms with van der Waals surface area (Å²) in [4.78, 5) is 0. The molecule has 96 valence electrons. The third-order valence-corrected chi connectivity index (χ3v) is 2.78. The van der Waals surface area contributed by atoms with Crippen LogP contribution in [0.5, 0.6) is 5.75 Å². The van der Waals surface area contributed by atoms with E-state index in [9.17, 15) is 0 Å². The average molecular weight is 245 g/mol. The van der Waals surface area contributed by atoms with Crippen molar-refractivity contribution in [1.29, 1.82) is 0 Å². The molecule has 1 aromatic carbocycles. The third kappa shape index (κ3) is 3.11. The summed E-state index contributed by atoms with van der Waals surface area (Å²) in [6.45, 7) is 3.24. The minimum atomic E-state index is 0.536. The summed E-state index contributed by atoms with van der Waals surface area (Å²) in [5.41, 5.74) is 9.08. The van der Waals surface area contributed by atoms with E-state index in [-0.39, 0.29) is 0 Å². The first-order valence-electron chi connectivity index (χ1n) is 6.09. The van der Waals surface area contributed by atoms with E-state index in [4.69, 9.17) is 10.5 Å². The van der Waals surface area contributed by atoms with Crippen LogP contribution in [0.3, 0.4) is 0 Å². The van der Waals surface area contributed by atoms with E-state index < -0.39 is 0 Å². The Kier molecular flexibility index (Phi) is 3.99. The van der Waals surface area contributed by atoms with Crippen LogP contribution in [-0.2, 0) is 20.1 Å². The van der Waals surface area contributed by atoms with Gasteiger partial charge in [-0.2, -0.15) is 5.10 Å². The van der Waals surface area contributed by atoms with Gasteiger partial charge in [-0.05, 0) is 31.5 Å². The van der Waals surface area contributed by atoms with Crippen molar-refractivity contribution in [2.24, 2.45) is 12.8 Å². The number of aryl methyl sites for hydroxylation is 2. The van der Waals surface area contributed by atoms with Gasteiger partial charge in [-0.1, -0.05) is 17.7 Å². The van der Waals surface area contributed by atoms with Crippen LogP contribution in [0.2, 0.25) is 0 Å². The van der Waals surface area contributed by atoms with E-state index in [0.29, 0.717) is 13.2 Å². The van der Waals surface area contributed by atoms with Crippen molar-refractivity contribution in [3.63, 3.8) is 0 Å². The summed E-state index contributed by atoms with van der Waals surface area (Å²) >= 11 is 0. The predicted octanol–water partition coefficient (Wildman–Crippen LogP) is 1.81. The van der Waals surface area contributed by atoms with E-state index in [0.717, 1.165) is 17.7 Å². The summed E-state index contributed by atoms with van der Waals surface area (Å²) in [5.74, 6) is 0.912. The zero-order valence-electron chi connectivity index (χ0n) is 10.9. The van der Waals surface area contributed by atoms with Crippen LogP contribution < -0.4 is 10.5 Å². The van der Waals surface area contributed by atoms with Crippen molar-refractivity contribution in [3.8, 4) is 5.75 Å². The van der Waals surface area contributed by atoms with Crippen LogP contribution in [0.4, 0.5) is 0 Å². The first kappa shape index (κ1) is 12.6. The zero-order valence-corrected chi connectivity index (χ0v) is 10.9. The van der Waals surface area contributed by atoms with E-state index >= 15 is 0 Å². The highest BCUT2D eigenvalue weighted by Gasteiger charge is 2.04. The quantitative estimate of drug-likeness (QED) is 0.874.